The minimum absolute atomic E-state index is 0.259. The number of aromatic nitrogens is 3. The van der Waals surface area contributed by atoms with Crippen molar-refractivity contribution in [1.29, 1.82) is 0 Å². The Morgan fingerprint density at radius 3 is 2.95 bits per heavy atom. The normalized spacial score (nSPS) is 10.8. The van der Waals surface area contributed by atoms with Crippen molar-refractivity contribution in [2.45, 2.75) is 32.9 Å². The molecule has 0 radical (unpaired) electrons. The lowest BCUT2D eigenvalue weighted by atomic mass is 10.1. The molecular weight excluding hydrogens is 252 g/mol. The van der Waals surface area contributed by atoms with Crippen molar-refractivity contribution in [3.05, 3.63) is 48.6 Å². The van der Waals surface area contributed by atoms with Gasteiger partial charge in [0.2, 0.25) is 0 Å². The molecule has 0 aliphatic carbocycles. The summed E-state index contributed by atoms with van der Waals surface area (Å²) in [7, 11) is 0. The van der Waals surface area contributed by atoms with E-state index in [9.17, 15) is 0 Å². The fraction of sp³-hybridized carbons (Fsp3) is 0.333. The van der Waals surface area contributed by atoms with Gasteiger partial charge in [-0.2, -0.15) is 5.10 Å². The molecule has 5 heteroatoms. The quantitative estimate of drug-likeness (QED) is 0.648. The van der Waals surface area contributed by atoms with Gasteiger partial charge in [0.05, 0.1) is 0 Å². The zero-order valence-electron chi connectivity index (χ0n) is 11.9. The number of allylic oxidation sites excluding steroid dienone is 1. The largest absolute Gasteiger partial charge is 0.485 e. The Bertz CT molecular complexity index is 589. The van der Waals surface area contributed by atoms with Crippen LogP contribution in [0.5, 0.6) is 5.75 Å². The first-order chi connectivity index (χ1) is 9.61. The molecule has 0 atom stereocenters. The van der Waals surface area contributed by atoms with E-state index in [1.807, 2.05) is 29.0 Å². The number of nitrogens with two attached hydrogens (primary N) is 1. The van der Waals surface area contributed by atoms with E-state index in [2.05, 4.69) is 30.5 Å². The maximum Gasteiger partial charge on any atom is 0.165 e. The van der Waals surface area contributed by atoms with E-state index in [1.54, 1.807) is 6.33 Å². The number of rotatable bonds is 6. The Balaban J connectivity index is 2.14. The maximum absolute atomic E-state index is 5.85. The van der Waals surface area contributed by atoms with Gasteiger partial charge in [-0.3, -0.25) is 0 Å². The second kappa shape index (κ2) is 6.23. The average molecular weight is 272 g/mol. The van der Waals surface area contributed by atoms with Gasteiger partial charge in [-0.05, 0) is 44.0 Å². The molecule has 0 bridgehead atoms. The highest BCUT2D eigenvalue weighted by molar-refractivity contribution is 5.48. The molecule has 2 N–H and O–H groups in total. The lowest BCUT2D eigenvalue weighted by Crippen LogP contribution is -2.11. The predicted molar refractivity (Wildman–Crippen MR) is 79.5 cm³/mol. The monoisotopic (exact) mass is 272 g/mol. The summed E-state index contributed by atoms with van der Waals surface area (Å²) in [5, 5.41) is 4.19. The molecule has 0 saturated heterocycles. The van der Waals surface area contributed by atoms with Gasteiger partial charge < -0.3 is 10.5 Å². The van der Waals surface area contributed by atoms with Crippen LogP contribution in [-0.4, -0.2) is 14.8 Å². The van der Waals surface area contributed by atoms with Crippen molar-refractivity contribution in [3.8, 4) is 5.75 Å². The van der Waals surface area contributed by atoms with Crippen LogP contribution in [0, 0.1) is 0 Å². The van der Waals surface area contributed by atoms with Gasteiger partial charge in [0, 0.05) is 11.7 Å². The molecule has 0 saturated carbocycles. The van der Waals surface area contributed by atoms with Crippen LogP contribution in [0.4, 0.5) is 5.69 Å². The predicted octanol–water partition coefficient (Wildman–Crippen LogP) is 2.75. The topological polar surface area (TPSA) is 66.0 Å². The smallest absolute Gasteiger partial charge is 0.165 e. The minimum atomic E-state index is 0.259. The van der Waals surface area contributed by atoms with E-state index in [0.717, 1.165) is 29.2 Å². The molecule has 5 nitrogen and oxygen atoms in total. The molecule has 0 spiro atoms. The van der Waals surface area contributed by atoms with E-state index in [0.29, 0.717) is 6.61 Å². The number of nitrogens with zero attached hydrogens (tertiary/aromatic N) is 3. The average Bonchev–Trinajstić information content (AvgIpc) is 2.87. The maximum atomic E-state index is 5.85. The van der Waals surface area contributed by atoms with Gasteiger partial charge in [-0.25, -0.2) is 9.67 Å². The molecule has 0 unspecified atom stereocenters. The van der Waals surface area contributed by atoms with Crippen LogP contribution >= 0.6 is 0 Å². The second-order valence-electron chi connectivity index (χ2n) is 4.86. The minimum Gasteiger partial charge on any atom is -0.485 e. The van der Waals surface area contributed by atoms with Gasteiger partial charge in [0.25, 0.3) is 0 Å². The Labute approximate surface area is 119 Å². The number of hydrogen-bond acceptors (Lipinski definition) is 4. The van der Waals surface area contributed by atoms with Crippen LogP contribution in [-0.2, 0) is 13.0 Å². The summed E-state index contributed by atoms with van der Waals surface area (Å²) in [6.07, 6.45) is 4.10. The van der Waals surface area contributed by atoms with Crippen molar-refractivity contribution >= 4 is 5.69 Å². The van der Waals surface area contributed by atoms with E-state index in [1.165, 1.54) is 0 Å². The second-order valence-corrected chi connectivity index (χ2v) is 4.86. The van der Waals surface area contributed by atoms with E-state index >= 15 is 0 Å². The number of ether oxygens (including phenoxy) is 1. The molecule has 1 aromatic heterocycles. The number of nitrogen functional groups attached to an aromatic ring is 1. The van der Waals surface area contributed by atoms with Crippen molar-refractivity contribution in [1.82, 2.24) is 14.8 Å². The van der Waals surface area contributed by atoms with Crippen LogP contribution in [0.3, 0.4) is 0 Å². The summed E-state index contributed by atoms with van der Waals surface area (Å²) in [4.78, 5) is 4.23. The highest BCUT2D eigenvalue weighted by Crippen LogP contribution is 2.23. The van der Waals surface area contributed by atoms with Gasteiger partial charge >= 0.3 is 0 Å². The summed E-state index contributed by atoms with van der Waals surface area (Å²) >= 11 is 0. The Morgan fingerprint density at radius 1 is 1.45 bits per heavy atom. The highest BCUT2D eigenvalue weighted by atomic mass is 16.5. The zero-order valence-corrected chi connectivity index (χ0v) is 11.9. The van der Waals surface area contributed by atoms with Gasteiger partial charge in [-0.15, -0.1) is 6.58 Å². The summed E-state index contributed by atoms with van der Waals surface area (Å²) in [6.45, 7) is 8.25. The summed E-state index contributed by atoms with van der Waals surface area (Å²) in [6, 6.07) is 5.87. The number of benzene rings is 1. The van der Waals surface area contributed by atoms with E-state index in [4.69, 9.17) is 10.5 Å². The van der Waals surface area contributed by atoms with Crippen LogP contribution in [0.2, 0.25) is 0 Å². The molecule has 1 heterocycles. The lowest BCUT2D eigenvalue weighted by Gasteiger charge is -2.13. The Hall–Kier alpha value is -2.30. The third-order valence-electron chi connectivity index (χ3n) is 2.94. The molecule has 0 aliphatic rings. The van der Waals surface area contributed by atoms with Crippen molar-refractivity contribution in [3.63, 3.8) is 0 Å². The summed E-state index contributed by atoms with van der Waals surface area (Å²) in [5.41, 5.74) is 7.54. The summed E-state index contributed by atoms with van der Waals surface area (Å²) < 4.78 is 7.70. The molecule has 106 valence electrons. The van der Waals surface area contributed by atoms with E-state index < -0.39 is 0 Å². The first-order valence-electron chi connectivity index (χ1n) is 6.62. The molecule has 0 amide bonds. The van der Waals surface area contributed by atoms with Gasteiger partial charge in [-0.1, -0.05) is 6.08 Å². The van der Waals surface area contributed by atoms with Crippen LogP contribution in [0.25, 0.3) is 0 Å². The first-order valence-corrected chi connectivity index (χ1v) is 6.62. The molecule has 0 fully saturated rings. The molecule has 2 rings (SSSR count). The lowest BCUT2D eigenvalue weighted by molar-refractivity contribution is 0.280. The molecule has 0 aliphatic heterocycles. The highest BCUT2D eigenvalue weighted by Gasteiger charge is 2.10. The van der Waals surface area contributed by atoms with Crippen molar-refractivity contribution in [2.75, 3.05) is 5.73 Å². The molecule has 20 heavy (non-hydrogen) atoms. The van der Waals surface area contributed by atoms with Crippen LogP contribution < -0.4 is 10.5 Å². The summed E-state index contributed by atoms with van der Waals surface area (Å²) in [5.74, 6) is 1.61. The molecule has 2 aromatic rings. The number of anilines is 1. The Kier molecular flexibility index (Phi) is 4.40. The molecular formula is C15H20N4O. The third-order valence-corrected chi connectivity index (χ3v) is 2.94. The molecule has 1 aromatic carbocycles. The fourth-order valence-electron chi connectivity index (χ4n) is 2.01. The van der Waals surface area contributed by atoms with Crippen LogP contribution in [0.1, 0.15) is 31.3 Å². The van der Waals surface area contributed by atoms with Crippen molar-refractivity contribution < 1.29 is 4.74 Å². The SMILES string of the molecule is C=CCc1cc(N)ccc1OCc1ncnn1C(C)C. The van der Waals surface area contributed by atoms with Crippen molar-refractivity contribution in [2.24, 2.45) is 0 Å². The standard InChI is InChI=1S/C15H20N4O/c1-4-5-12-8-13(16)6-7-14(12)20-9-15-17-10-18-19(15)11(2)3/h4,6-8,10-11H,1,5,9,16H2,2-3H3. The van der Waals surface area contributed by atoms with Gasteiger partial charge in [0.15, 0.2) is 5.82 Å². The Morgan fingerprint density at radius 2 is 2.25 bits per heavy atom. The number of hydrogen-bond donors (Lipinski definition) is 1. The fourth-order valence-corrected chi connectivity index (χ4v) is 2.01. The third kappa shape index (κ3) is 3.17. The zero-order chi connectivity index (χ0) is 14.5. The van der Waals surface area contributed by atoms with E-state index in [-0.39, 0.29) is 6.04 Å². The van der Waals surface area contributed by atoms with Crippen LogP contribution in [0.15, 0.2) is 37.2 Å². The first kappa shape index (κ1) is 14.1. The van der Waals surface area contributed by atoms with Gasteiger partial charge in [0.1, 0.15) is 18.7 Å².